The minimum absolute atomic E-state index is 0.645. The third-order valence-electron chi connectivity index (χ3n) is 7.57. The highest BCUT2D eigenvalue weighted by Crippen LogP contribution is 2.33. The molecule has 202 valence electrons. The molecule has 6 heteroatoms. The van der Waals surface area contributed by atoms with Gasteiger partial charge in [0.1, 0.15) is 0 Å². The lowest BCUT2D eigenvalue weighted by molar-refractivity contribution is 1.15. The van der Waals surface area contributed by atoms with Gasteiger partial charge in [0.2, 0.25) is 0 Å². The van der Waals surface area contributed by atoms with Crippen LogP contribution in [0.4, 0.5) is 0 Å². The Morgan fingerprint density at radius 3 is 2.05 bits per heavy atom. The summed E-state index contributed by atoms with van der Waals surface area (Å²) < 4.78 is 2.29. The first kappa shape index (κ1) is 24.8. The molecule has 0 radical (unpaired) electrons. The second-order valence-corrected chi connectivity index (χ2v) is 10.2. The minimum atomic E-state index is 0.645. The molecule has 0 aliphatic rings. The summed E-state index contributed by atoms with van der Waals surface area (Å²) in [6.45, 7) is 0. The van der Waals surface area contributed by atoms with Gasteiger partial charge in [0.25, 0.3) is 0 Å². The molecule has 8 rings (SSSR count). The molecule has 3 aromatic carbocycles. The molecular weight excluding hydrogens is 528 g/mol. The number of benzene rings is 3. The van der Waals surface area contributed by atoms with Crippen LogP contribution in [0.5, 0.6) is 0 Å². The van der Waals surface area contributed by atoms with Crippen LogP contribution in [0.1, 0.15) is 0 Å². The molecule has 0 bridgehead atoms. The molecule has 0 aliphatic heterocycles. The molecule has 5 aromatic heterocycles. The average Bonchev–Trinajstić information content (AvgIpc) is 3.43. The molecular formula is C37H24N6. The van der Waals surface area contributed by atoms with E-state index in [-0.39, 0.29) is 0 Å². The maximum absolute atomic E-state index is 5.06. The van der Waals surface area contributed by atoms with E-state index in [0.29, 0.717) is 5.82 Å². The van der Waals surface area contributed by atoms with E-state index in [1.165, 1.54) is 5.39 Å². The average molecular weight is 553 g/mol. The van der Waals surface area contributed by atoms with Crippen LogP contribution in [0.25, 0.3) is 72.9 Å². The van der Waals surface area contributed by atoms with Gasteiger partial charge in [0.15, 0.2) is 5.82 Å². The fourth-order valence-corrected chi connectivity index (χ4v) is 5.58. The summed E-state index contributed by atoms with van der Waals surface area (Å²) in [5, 5.41) is 2.30. The summed E-state index contributed by atoms with van der Waals surface area (Å²) in [7, 11) is 0. The predicted octanol–water partition coefficient (Wildman–Crippen LogP) is 8.43. The van der Waals surface area contributed by atoms with E-state index in [0.717, 1.165) is 61.7 Å². The molecule has 43 heavy (non-hydrogen) atoms. The van der Waals surface area contributed by atoms with E-state index in [9.17, 15) is 0 Å². The van der Waals surface area contributed by atoms with Crippen molar-refractivity contribution in [3.8, 4) is 51.1 Å². The summed E-state index contributed by atoms with van der Waals surface area (Å²) in [4.78, 5) is 23.9. The largest absolute Gasteiger partial charge is 0.309 e. The first-order valence-corrected chi connectivity index (χ1v) is 14.1. The standard InChI is InChI=1S/C37H24N6/c1-2-10-25(11-3-1)37-41-33(23-34(42-37)32-17-9-16-31(40-32)30-15-6-7-20-39-30)26-12-8-13-27(22-26)43-35-18-5-4-14-28(35)29-24-38-21-19-36(29)43/h1-24H. The molecule has 0 unspecified atom stereocenters. The van der Waals surface area contributed by atoms with Gasteiger partial charge in [-0.3, -0.25) is 9.97 Å². The number of aromatic nitrogens is 6. The van der Waals surface area contributed by atoms with E-state index in [1.807, 2.05) is 85.2 Å². The fourth-order valence-electron chi connectivity index (χ4n) is 5.58. The monoisotopic (exact) mass is 552 g/mol. The number of nitrogens with zero attached hydrogens (tertiary/aromatic N) is 6. The molecule has 0 spiro atoms. The molecule has 0 amide bonds. The van der Waals surface area contributed by atoms with Gasteiger partial charge in [-0.2, -0.15) is 0 Å². The normalized spacial score (nSPS) is 11.3. The zero-order chi connectivity index (χ0) is 28.6. The van der Waals surface area contributed by atoms with Crippen LogP contribution >= 0.6 is 0 Å². The number of fused-ring (bicyclic) bond motifs is 3. The van der Waals surface area contributed by atoms with E-state index < -0.39 is 0 Å². The smallest absolute Gasteiger partial charge is 0.160 e. The van der Waals surface area contributed by atoms with Crippen LogP contribution in [-0.4, -0.2) is 29.5 Å². The lowest BCUT2D eigenvalue weighted by Gasteiger charge is -2.12. The van der Waals surface area contributed by atoms with Crippen molar-refractivity contribution in [2.45, 2.75) is 0 Å². The van der Waals surface area contributed by atoms with Gasteiger partial charge in [-0.1, -0.05) is 72.8 Å². The quantitative estimate of drug-likeness (QED) is 0.214. The molecule has 6 nitrogen and oxygen atoms in total. The summed E-state index contributed by atoms with van der Waals surface area (Å²) in [6.07, 6.45) is 5.56. The van der Waals surface area contributed by atoms with E-state index >= 15 is 0 Å². The van der Waals surface area contributed by atoms with Gasteiger partial charge < -0.3 is 4.57 Å². The fraction of sp³-hybridized carbons (Fsp3) is 0. The van der Waals surface area contributed by atoms with Crippen molar-refractivity contribution in [2.75, 3.05) is 0 Å². The summed E-state index contributed by atoms with van der Waals surface area (Å²) >= 11 is 0. The van der Waals surface area contributed by atoms with Crippen LogP contribution in [0.15, 0.2) is 146 Å². The molecule has 0 atom stereocenters. The molecule has 8 aromatic rings. The van der Waals surface area contributed by atoms with Crippen molar-refractivity contribution in [3.63, 3.8) is 0 Å². The number of para-hydroxylation sites is 1. The third kappa shape index (κ3) is 4.51. The Morgan fingerprint density at radius 2 is 1.16 bits per heavy atom. The van der Waals surface area contributed by atoms with Crippen molar-refractivity contribution in [3.05, 3.63) is 146 Å². The lowest BCUT2D eigenvalue weighted by atomic mass is 10.1. The van der Waals surface area contributed by atoms with Crippen molar-refractivity contribution in [2.24, 2.45) is 0 Å². The third-order valence-corrected chi connectivity index (χ3v) is 7.57. The predicted molar refractivity (Wildman–Crippen MR) is 171 cm³/mol. The molecule has 0 N–H and O–H groups in total. The maximum atomic E-state index is 5.06. The second-order valence-electron chi connectivity index (χ2n) is 10.2. The Morgan fingerprint density at radius 1 is 0.442 bits per heavy atom. The number of hydrogen-bond donors (Lipinski definition) is 0. The molecule has 0 fully saturated rings. The Kier molecular flexibility index (Phi) is 6.01. The van der Waals surface area contributed by atoms with Crippen LogP contribution < -0.4 is 0 Å². The lowest BCUT2D eigenvalue weighted by Crippen LogP contribution is -1.99. The van der Waals surface area contributed by atoms with Crippen molar-refractivity contribution in [1.82, 2.24) is 29.5 Å². The topological polar surface area (TPSA) is 69.4 Å². The number of pyridine rings is 3. The maximum Gasteiger partial charge on any atom is 0.160 e. The van der Waals surface area contributed by atoms with Crippen molar-refractivity contribution >= 4 is 21.8 Å². The minimum Gasteiger partial charge on any atom is -0.309 e. The second kappa shape index (κ2) is 10.4. The van der Waals surface area contributed by atoms with Crippen molar-refractivity contribution < 1.29 is 0 Å². The Bertz CT molecular complexity index is 2190. The SMILES string of the molecule is c1ccc(-c2nc(-c3cccc(-n4c5ccccc5c5cnccc54)c3)cc(-c3cccc(-c4ccccn4)n3)n2)cc1. The van der Waals surface area contributed by atoms with Gasteiger partial charge in [-0.25, -0.2) is 15.0 Å². The highest BCUT2D eigenvalue weighted by molar-refractivity contribution is 6.08. The molecule has 5 heterocycles. The molecule has 0 saturated heterocycles. The van der Waals surface area contributed by atoms with Crippen molar-refractivity contribution in [1.29, 1.82) is 0 Å². The number of hydrogen-bond acceptors (Lipinski definition) is 5. The van der Waals surface area contributed by atoms with Crippen LogP contribution in [0.2, 0.25) is 0 Å². The summed E-state index contributed by atoms with van der Waals surface area (Å²) in [5.41, 5.74) is 9.15. The van der Waals surface area contributed by atoms with Gasteiger partial charge in [-0.15, -0.1) is 0 Å². The van der Waals surface area contributed by atoms with E-state index in [2.05, 4.69) is 69.1 Å². The van der Waals surface area contributed by atoms with Gasteiger partial charge in [0, 0.05) is 46.2 Å². The van der Waals surface area contributed by atoms with E-state index in [4.69, 9.17) is 15.0 Å². The zero-order valence-corrected chi connectivity index (χ0v) is 23.0. The first-order valence-electron chi connectivity index (χ1n) is 14.1. The Labute approximate surface area is 248 Å². The Balaban J connectivity index is 1.30. The molecule has 0 saturated carbocycles. The Hall–Kier alpha value is -6.01. The van der Waals surface area contributed by atoms with Crippen LogP contribution in [0.3, 0.4) is 0 Å². The zero-order valence-electron chi connectivity index (χ0n) is 23.0. The van der Waals surface area contributed by atoms with Gasteiger partial charge >= 0.3 is 0 Å². The van der Waals surface area contributed by atoms with Gasteiger partial charge in [-0.05, 0) is 54.6 Å². The van der Waals surface area contributed by atoms with Crippen LogP contribution in [0, 0.1) is 0 Å². The summed E-state index contributed by atoms with van der Waals surface area (Å²) in [5.74, 6) is 0.645. The van der Waals surface area contributed by atoms with E-state index in [1.54, 1.807) is 6.20 Å². The van der Waals surface area contributed by atoms with Gasteiger partial charge in [0.05, 0.1) is 39.5 Å². The first-order chi connectivity index (χ1) is 21.3. The van der Waals surface area contributed by atoms with Crippen LogP contribution in [-0.2, 0) is 0 Å². The molecule has 0 aliphatic carbocycles. The number of rotatable bonds is 5. The summed E-state index contributed by atoms with van der Waals surface area (Å²) in [6, 6.07) is 42.9. The highest BCUT2D eigenvalue weighted by atomic mass is 15.0. The highest BCUT2D eigenvalue weighted by Gasteiger charge is 2.15.